The van der Waals surface area contributed by atoms with E-state index in [2.05, 4.69) is 11.1 Å². The largest absolute Gasteiger partial charge is 0.497 e. The van der Waals surface area contributed by atoms with Crippen molar-refractivity contribution in [2.45, 2.75) is 6.92 Å². The molecule has 0 aliphatic rings. The molecule has 4 heteroatoms. The van der Waals surface area contributed by atoms with Gasteiger partial charge in [-0.2, -0.15) is 5.26 Å². The van der Waals surface area contributed by atoms with E-state index >= 15 is 0 Å². The molecule has 0 aliphatic carbocycles. The van der Waals surface area contributed by atoms with Gasteiger partial charge >= 0.3 is 0 Å². The lowest BCUT2D eigenvalue weighted by Crippen LogP contribution is -1.88. The first-order valence-corrected chi connectivity index (χ1v) is 4.85. The third-order valence-corrected chi connectivity index (χ3v) is 2.60. The summed E-state index contributed by atoms with van der Waals surface area (Å²) in [5.74, 6) is 1.36. The van der Waals surface area contributed by atoms with Crippen LogP contribution in [0.25, 0.3) is 10.9 Å². The highest BCUT2D eigenvalue weighted by Crippen LogP contribution is 2.33. The molecule has 0 atom stereocenters. The smallest absolute Gasteiger partial charge is 0.146 e. The van der Waals surface area contributed by atoms with Gasteiger partial charge in [0.2, 0.25) is 0 Å². The maximum Gasteiger partial charge on any atom is 0.146 e. The van der Waals surface area contributed by atoms with Crippen molar-refractivity contribution in [2.75, 3.05) is 14.2 Å². The second-order valence-corrected chi connectivity index (χ2v) is 3.49. The first-order valence-electron chi connectivity index (χ1n) is 4.85. The van der Waals surface area contributed by atoms with Gasteiger partial charge < -0.3 is 14.5 Å². The second-order valence-electron chi connectivity index (χ2n) is 3.49. The molecule has 2 rings (SSSR count). The van der Waals surface area contributed by atoms with E-state index in [1.54, 1.807) is 20.3 Å². The Kier molecular flexibility index (Phi) is 2.45. The van der Waals surface area contributed by atoms with Crippen LogP contribution in [-0.4, -0.2) is 19.2 Å². The van der Waals surface area contributed by atoms with Gasteiger partial charge in [0.05, 0.1) is 25.3 Å². The summed E-state index contributed by atoms with van der Waals surface area (Å²) in [7, 11) is 3.18. The van der Waals surface area contributed by atoms with E-state index < -0.39 is 0 Å². The predicted octanol–water partition coefficient (Wildman–Crippen LogP) is 2.37. The van der Waals surface area contributed by atoms with E-state index in [9.17, 15) is 0 Å². The van der Waals surface area contributed by atoms with E-state index in [0.29, 0.717) is 17.1 Å². The van der Waals surface area contributed by atoms with E-state index in [4.69, 9.17) is 14.7 Å². The summed E-state index contributed by atoms with van der Waals surface area (Å²) in [5.41, 5.74) is 2.30. The molecule has 1 N–H and O–H groups in total. The lowest BCUT2D eigenvalue weighted by atomic mass is 10.1. The third kappa shape index (κ3) is 1.38. The van der Waals surface area contributed by atoms with E-state index in [-0.39, 0.29) is 0 Å². The fraction of sp³-hybridized carbons (Fsp3) is 0.250. The third-order valence-electron chi connectivity index (χ3n) is 2.60. The predicted molar refractivity (Wildman–Crippen MR) is 60.9 cm³/mol. The lowest BCUT2D eigenvalue weighted by molar-refractivity contribution is 0.397. The molecule has 0 radical (unpaired) electrons. The molecule has 4 nitrogen and oxygen atoms in total. The average Bonchev–Trinajstić information content (AvgIpc) is 2.62. The molecule has 0 unspecified atom stereocenters. The molecular weight excluding hydrogens is 204 g/mol. The number of hydrogen-bond acceptors (Lipinski definition) is 3. The van der Waals surface area contributed by atoms with Crippen LogP contribution in [0.5, 0.6) is 11.5 Å². The standard InChI is InChI=1S/C12H12N2O2/c1-7-10(6-13)9-4-8(15-2)5-11(16-3)12(9)14-7/h4-5,14H,1-3H3. The summed E-state index contributed by atoms with van der Waals surface area (Å²) in [6.07, 6.45) is 0. The zero-order chi connectivity index (χ0) is 11.7. The van der Waals surface area contributed by atoms with Crippen molar-refractivity contribution in [3.63, 3.8) is 0 Å². The van der Waals surface area contributed by atoms with Gasteiger partial charge in [-0.25, -0.2) is 0 Å². The van der Waals surface area contributed by atoms with Crippen molar-refractivity contribution in [3.05, 3.63) is 23.4 Å². The fourth-order valence-electron chi connectivity index (χ4n) is 1.79. The highest BCUT2D eigenvalue weighted by molar-refractivity contribution is 5.92. The number of rotatable bonds is 2. The summed E-state index contributed by atoms with van der Waals surface area (Å²) in [6.45, 7) is 1.87. The maximum absolute atomic E-state index is 9.08. The maximum atomic E-state index is 9.08. The quantitative estimate of drug-likeness (QED) is 0.838. The molecule has 1 aromatic carbocycles. The molecule has 0 fully saturated rings. The number of aromatic nitrogens is 1. The molecule has 16 heavy (non-hydrogen) atoms. The molecule has 0 saturated heterocycles. The van der Waals surface area contributed by atoms with Crippen LogP contribution >= 0.6 is 0 Å². The van der Waals surface area contributed by atoms with Crippen LogP contribution < -0.4 is 9.47 Å². The first kappa shape index (κ1) is 10.4. The van der Waals surface area contributed by atoms with Gasteiger partial charge in [-0.05, 0) is 13.0 Å². The number of nitriles is 1. The molecule has 0 saturated carbocycles. The Bertz CT molecular complexity index is 579. The van der Waals surface area contributed by atoms with Crippen LogP contribution in [0.1, 0.15) is 11.3 Å². The minimum atomic E-state index is 0.632. The SMILES string of the molecule is COc1cc(OC)c2[nH]c(C)c(C#N)c2c1. The Labute approximate surface area is 93.4 Å². The van der Waals surface area contributed by atoms with Gasteiger partial charge in [0.15, 0.2) is 0 Å². The Morgan fingerprint density at radius 2 is 2.00 bits per heavy atom. The second kappa shape index (κ2) is 3.78. The zero-order valence-corrected chi connectivity index (χ0v) is 9.42. The van der Waals surface area contributed by atoms with Crippen LogP contribution in [0.3, 0.4) is 0 Å². The topological polar surface area (TPSA) is 58.0 Å². The Morgan fingerprint density at radius 1 is 1.25 bits per heavy atom. The molecule has 1 heterocycles. The molecule has 1 aromatic heterocycles. The molecule has 0 aliphatic heterocycles. The summed E-state index contributed by atoms with van der Waals surface area (Å²) < 4.78 is 10.4. The molecular formula is C12H12N2O2. The fourth-order valence-corrected chi connectivity index (χ4v) is 1.79. The minimum Gasteiger partial charge on any atom is -0.497 e. The summed E-state index contributed by atoms with van der Waals surface area (Å²) in [5, 5.41) is 9.91. The van der Waals surface area contributed by atoms with E-state index in [1.807, 2.05) is 13.0 Å². The molecule has 82 valence electrons. The lowest BCUT2D eigenvalue weighted by Gasteiger charge is -2.05. The molecule has 0 spiro atoms. The van der Waals surface area contributed by atoms with Gasteiger partial charge in [0.25, 0.3) is 0 Å². The Balaban J connectivity index is 2.85. The van der Waals surface area contributed by atoms with Crippen molar-refractivity contribution >= 4 is 10.9 Å². The van der Waals surface area contributed by atoms with Crippen molar-refractivity contribution in [2.24, 2.45) is 0 Å². The first-order chi connectivity index (χ1) is 7.71. The van der Waals surface area contributed by atoms with Crippen molar-refractivity contribution in [3.8, 4) is 17.6 Å². The van der Waals surface area contributed by atoms with Gasteiger partial charge in [0.1, 0.15) is 17.6 Å². The number of fused-ring (bicyclic) bond motifs is 1. The number of hydrogen-bond donors (Lipinski definition) is 1. The van der Waals surface area contributed by atoms with Gasteiger partial charge in [-0.3, -0.25) is 0 Å². The number of ether oxygens (including phenoxy) is 2. The summed E-state index contributed by atoms with van der Waals surface area (Å²) in [6, 6.07) is 5.80. The zero-order valence-electron chi connectivity index (χ0n) is 9.42. The molecule has 0 bridgehead atoms. The number of benzene rings is 1. The van der Waals surface area contributed by atoms with E-state index in [1.165, 1.54) is 0 Å². The number of H-pyrrole nitrogens is 1. The van der Waals surface area contributed by atoms with Crippen LogP contribution in [0, 0.1) is 18.3 Å². The van der Waals surface area contributed by atoms with Crippen molar-refractivity contribution in [1.82, 2.24) is 4.98 Å². The Hall–Kier alpha value is -2.15. The Morgan fingerprint density at radius 3 is 2.56 bits per heavy atom. The van der Waals surface area contributed by atoms with Crippen molar-refractivity contribution in [1.29, 1.82) is 5.26 Å². The number of methoxy groups -OCH3 is 2. The summed E-state index contributed by atoms with van der Waals surface area (Å²) in [4.78, 5) is 3.15. The van der Waals surface area contributed by atoms with Crippen LogP contribution in [0.15, 0.2) is 12.1 Å². The molecule has 2 aromatic rings. The van der Waals surface area contributed by atoms with Crippen LogP contribution in [0.2, 0.25) is 0 Å². The van der Waals surface area contributed by atoms with Crippen molar-refractivity contribution < 1.29 is 9.47 Å². The summed E-state index contributed by atoms with van der Waals surface area (Å²) >= 11 is 0. The van der Waals surface area contributed by atoms with E-state index in [0.717, 1.165) is 16.6 Å². The number of aromatic amines is 1. The van der Waals surface area contributed by atoms with Gasteiger partial charge in [-0.1, -0.05) is 0 Å². The highest BCUT2D eigenvalue weighted by atomic mass is 16.5. The normalized spacial score (nSPS) is 10.1. The number of nitrogens with zero attached hydrogens (tertiary/aromatic N) is 1. The average molecular weight is 216 g/mol. The van der Waals surface area contributed by atoms with Gasteiger partial charge in [-0.15, -0.1) is 0 Å². The number of nitrogens with one attached hydrogen (secondary N) is 1. The minimum absolute atomic E-state index is 0.632. The monoisotopic (exact) mass is 216 g/mol. The van der Waals surface area contributed by atoms with Gasteiger partial charge in [0, 0.05) is 17.1 Å². The van der Waals surface area contributed by atoms with Crippen LogP contribution in [-0.2, 0) is 0 Å². The highest BCUT2D eigenvalue weighted by Gasteiger charge is 2.13. The van der Waals surface area contributed by atoms with Crippen LogP contribution in [0.4, 0.5) is 0 Å². The molecule has 0 amide bonds. The number of aryl methyl sites for hydroxylation is 1.